The van der Waals surface area contributed by atoms with Crippen molar-refractivity contribution in [1.82, 2.24) is 0 Å². The van der Waals surface area contributed by atoms with Crippen LogP contribution in [0, 0.1) is 0 Å². The van der Waals surface area contributed by atoms with E-state index in [0.717, 1.165) is 19.4 Å². The van der Waals surface area contributed by atoms with Crippen molar-refractivity contribution in [3.63, 3.8) is 0 Å². The minimum atomic E-state index is 0.215. The third kappa shape index (κ3) is 2.38. The smallest absolute Gasteiger partial charge is 0.0774 e. The molecule has 16 heavy (non-hydrogen) atoms. The standard InChI is InChI=1S/C14H22N2/c1-2-3-6-11-16-13-8-5-4-7-12(13)9-10-14(16)15/h4-5,7-8,14H,2-3,6,9-11,15H2,1H3. The molecule has 0 bridgehead atoms. The Hall–Kier alpha value is -1.02. The second kappa shape index (κ2) is 5.35. The van der Waals surface area contributed by atoms with Crippen LogP contribution in [0.5, 0.6) is 0 Å². The molecule has 1 atom stereocenters. The van der Waals surface area contributed by atoms with Gasteiger partial charge in [-0.05, 0) is 30.9 Å². The molecule has 0 saturated heterocycles. The largest absolute Gasteiger partial charge is 0.356 e. The van der Waals surface area contributed by atoms with Gasteiger partial charge in [-0.25, -0.2) is 0 Å². The average molecular weight is 218 g/mol. The number of benzene rings is 1. The number of fused-ring (bicyclic) bond motifs is 1. The fourth-order valence-corrected chi connectivity index (χ4v) is 2.46. The van der Waals surface area contributed by atoms with E-state index in [9.17, 15) is 0 Å². The maximum absolute atomic E-state index is 6.20. The zero-order valence-electron chi connectivity index (χ0n) is 10.2. The van der Waals surface area contributed by atoms with Gasteiger partial charge in [0.05, 0.1) is 6.17 Å². The third-order valence-corrected chi connectivity index (χ3v) is 3.41. The van der Waals surface area contributed by atoms with Gasteiger partial charge in [-0.2, -0.15) is 0 Å². The minimum Gasteiger partial charge on any atom is -0.356 e. The van der Waals surface area contributed by atoms with Gasteiger partial charge in [0, 0.05) is 12.2 Å². The number of nitrogens with two attached hydrogens (primary N) is 1. The molecule has 2 heteroatoms. The van der Waals surface area contributed by atoms with Crippen molar-refractivity contribution in [2.45, 2.75) is 45.2 Å². The molecule has 1 aromatic rings. The van der Waals surface area contributed by atoms with E-state index in [2.05, 4.69) is 36.1 Å². The molecule has 0 saturated carbocycles. The normalized spacial score (nSPS) is 19.6. The zero-order chi connectivity index (χ0) is 11.4. The van der Waals surface area contributed by atoms with Gasteiger partial charge in [-0.15, -0.1) is 0 Å². The quantitative estimate of drug-likeness (QED) is 0.787. The van der Waals surface area contributed by atoms with E-state index in [0.29, 0.717) is 0 Å². The van der Waals surface area contributed by atoms with Crippen molar-refractivity contribution < 1.29 is 0 Å². The van der Waals surface area contributed by atoms with E-state index in [1.807, 2.05) is 0 Å². The molecular weight excluding hydrogens is 196 g/mol. The highest BCUT2D eigenvalue weighted by atomic mass is 15.2. The van der Waals surface area contributed by atoms with Crippen LogP contribution in [0.3, 0.4) is 0 Å². The Morgan fingerprint density at radius 2 is 2.12 bits per heavy atom. The van der Waals surface area contributed by atoms with E-state index >= 15 is 0 Å². The molecule has 0 spiro atoms. The highest BCUT2D eigenvalue weighted by molar-refractivity contribution is 5.56. The molecule has 1 aliphatic rings. The first-order chi connectivity index (χ1) is 7.83. The third-order valence-electron chi connectivity index (χ3n) is 3.41. The SMILES string of the molecule is CCCCCN1c2ccccc2CCC1N. The number of hydrogen-bond donors (Lipinski definition) is 1. The summed E-state index contributed by atoms with van der Waals surface area (Å²) in [4.78, 5) is 2.38. The lowest BCUT2D eigenvalue weighted by Crippen LogP contribution is -2.45. The van der Waals surface area contributed by atoms with Gasteiger partial charge in [0.15, 0.2) is 0 Å². The Bertz CT molecular complexity index is 335. The zero-order valence-corrected chi connectivity index (χ0v) is 10.2. The lowest BCUT2D eigenvalue weighted by atomic mass is 9.99. The average Bonchev–Trinajstić information content (AvgIpc) is 2.32. The van der Waals surface area contributed by atoms with Gasteiger partial charge in [0.25, 0.3) is 0 Å². The highest BCUT2D eigenvalue weighted by Gasteiger charge is 2.22. The van der Waals surface area contributed by atoms with Crippen molar-refractivity contribution >= 4 is 5.69 Å². The number of hydrogen-bond acceptors (Lipinski definition) is 2. The summed E-state index contributed by atoms with van der Waals surface area (Å²) >= 11 is 0. The number of para-hydroxylation sites is 1. The van der Waals surface area contributed by atoms with Crippen LogP contribution in [0.25, 0.3) is 0 Å². The molecule has 1 aromatic carbocycles. The summed E-state index contributed by atoms with van der Waals surface area (Å²) in [5, 5.41) is 0. The minimum absolute atomic E-state index is 0.215. The number of anilines is 1. The van der Waals surface area contributed by atoms with Gasteiger partial charge in [0.1, 0.15) is 0 Å². The van der Waals surface area contributed by atoms with Crippen LogP contribution in [0.4, 0.5) is 5.69 Å². The fraction of sp³-hybridized carbons (Fsp3) is 0.571. The lowest BCUT2D eigenvalue weighted by Gasteiger charge is -2.36. The van der Waals surface area contributed by atoms with E-state index in [-0.39, 0.29) is 6.17 Å². The molecule has 88 valence electrons. The van der Waals surface area contributed by atoms with Crippen LogP contribution in [0.2, 0.25) is 0 Å². The van der Waals surface area contributed by atoms with E-state index in [1.165, 1.54) is 30.5 Å². The number of nitrogens with zero attached hydrogens (tertiary/aromatic N) is 1. The molecule has 2 nitrogen and oxygen atoms in total. The maximum atomic E-state index is 6.20. The molecule has 1 unspecified atom stereocenters. The maximum Gasteiger partial charge on any atom is 0.0774 e. The fourth-order valence-electron chi connectivity index (χ4n) is 2.46. The lowest BCUT2D eigenvalue weighted by molar-refractivity contribution is 0.526. The van der Waals surface area contributed by atoms with Crippen molar-refractivity contribution in [1.29, 1.82) is 0 Å². The Kier molecular flexibility index (Phi) is 3.83. The highest BCUT2D eigenvalue weighted by Crippen LogP contribution is 2.28. The van der Waals surface area contributed by atoms with Gasteiger partial charge in [-0.1, -0.05) is 38.0 Å². The monoisotopic (exact) mass is 218 g/mol. The molecule has 0 aromatic heterocycles. The van der Waals surface area contributed by atoms with Crippen LogP contribution in [-0.4, -0.2) is 12.7 Å². The van der Waals surface area contributed by atoms with Crippen LogP contribution in [0.15, 0.2) is 24.3 Å². The Labute approximate surface area is 98.4 Å². The summed E-state index contributed by atoms with van der Waals surface area (Å²) < 4.78 is 0. The van der Waals surface area contributed by atoms with Gasteiger partial charge in [-0.3, -0.25) is 0 Å². The summed E-state index contributed by atoms with van der Waals surface area (Å²) in [5.41, 5.74) is 9.02. The van der Waals surface area contributed by atoms with E-state index in [4.69, 9.17) is 5.73 Å². The summed E-state index contributed by atoms with van der Waals surface area (Å²) in [7, 11) is 0. The first kappa shape index (κ1) is 11.5. The first-order valence-electron chi connectivity index (χ1n) is 6.43. The molecule has 2 rings (SSSR count). The van der Waals surface area contributed by atoms with Crippen molar-refractivity contribution in [2.75, 3.05) is 11.4 Å². The second-order valence-electron chi connectivity index (χ2n) is 4.64. The summed E-state index contributed by atoms with van der Waals surface area (Å²) in [5.74, 6) is 0. The molecular formula is C14H22N2. The molecule has 2 N–H and O–H groups in total. The summed E-state index contributed by atoms with van der Waals surface area (Å²) in [6.07, 6.45) is 6.24. The summed E-state index contributed by atoms with van der Waals surface area (Å²) in [6, 6.07) is 8.68. The predicted octanol–water partition coefficient (Wildman–Crippen LogP) is 2.91. The van der Waals surface area contributed by atoms with Crippen molar-refractivity contribution in [3.8, 4) is 0 Å². The van der Waals surface area contributed by atoms with Gasteiger partial charge < -0.3 is 10.6 Å². The Balaban J connectivity index is 2.10. The molecule has 1 aliphatic heterocycles. The number of rotatable bonds is 4. The topological polar surface area (TPSA) is 29.3 Å². The number of unbranched alkanes of at least 4 members (excludes halogenated alkanes) is 2. The molecule has 0 amide bonds. The van der Waals surface area contributed by atoms with E-state index in [1.54, 1.807) is 0 Å². The Morgan fingerprint density at radius 3 is 2.94 bits per heavy atom. The van der Waals surface area contributed by atoms with E-state index < -0.39 is 0 Å². The van der Waals surface area contributed by atoms with Crippen LogP contribution < -0.4 is 10.6 Å². The molecule has 0 radical (unpaired) electrons. The first-order valence-corrected chi connectivity index (χ1v) is 6.43. The summed E-state index contributed by atoms with van der Waals surface area (Å²) in [6.45, 7) is 3.34. The van der Waals surface area contributed by atoms with Crippen LogP contribution in [-0.2, 0) is 6.42 Å². The molecule has 0 aliphatic carbocycles. The van der Waals surface area contributed by atoms with Gasteiger partial charge in [0.2, 0.25) is 0 Å². The van der Waals surface area contributed by atoms with Crippen molar-refractivity contribution in [2.24, 2.45) is 5.73 Å². The van der Waals surface area contributed by atoms with Crippen molar-refractivity contribution in [3.05, 3.63) is 29.8 Å². The molecule has 1 heterocycles. The van der Waals surface area contributed by atoms with Crippen LogP contribution >= 0.6 is 0 Å². The van der Waals surface area contributed by atoms with Gasteiger partial charge >= 0.3 is 0 Å². The predicted molar refractivity (Wildman–Crippen MR) is 69.6 cm³/mol. The van der Waals surface area contributed by atoms with Crippen LogP contribution in [0.1, 0.15) is 38.2 Å². The second-order valence-corrected chi connectivity index (χ2v) is 4.64. The Morgan fingerprint density at radius 1 is 1.31 bits per heavy atom. The number of aryl methyl sites for hydroxylation is 1. The molecule has 0 fully saturated rings.